The maximum atomic E-state index is 12.3. The number of hydrogen-bond donors (Lipinski definition) is 1. The quantitative estimate of drug-likeness (QED) is 0.695. The Bertz CT molecular complexity index is 782. The molecule has 0 saturated carbocycles. The summed E-state index contributed by atoms with van der Waals surface area (Å²) in [6, 6.07) is 5.54. The number of nitrogens with one attached hydrogen (secondary N) is 1. The van der Waals surface area contributed by atoms with E-state index in [0.29, 0.717) is 5.75 Å². The van der Waals surface area contributed by atoms with Gasteiger partial charge in [-0.05, 0) is 55.0 Å². The number of aryl methyl sites for hydroxylation is 1. The van der Waals surface area contributed by atoms with Crippen molar-refractivity contribution in [2.45, 2.75) is 25.7 Å². The Balaban J connectivity index is 1.44. The molecule has 23 heavy (non-hydrogen) atoms. The van der Waals surface area contributed by atoms with Gasteiger partial charge in [0.05, 0.1) is 11.8 Å². The summed E-state index contributed by atoms with van der Waals surface area (Å²) in [5, 5.41) is 6.00. The molecule has 0 bridgehead atoms. The van der Waals surface area contributed by atoms with Crippen LogP contribution in [0.3, 0.4) is 0 Å². The van der Waals surface area contributed by atoms with E-state index in [1.165, 1.54) is 16.9 Å². The minimum Gasteiger partial charge on any atom is -0.454 e. The number of thiophene rings is 1. The first kappa shape index (κ1) is 14.3. The fourth-order valence-electron chi connectivity index (χ4n) is 2.90. The fourth-order valence-corrected chi connectivity index (χ4v) is 4.03. The average Bonchev–Trinajstić information content (AvgIpc) is 3.21. The third kappa shape index (κ3) is 2.82. The van der Waals surface area contributed by atoms with E-state index in [1.807, 2.05) is 23.6 Å². The van der Waals surface area contributed by atoms with Gasteiger partial charge in [-0.3, -0.25) is 4.79 Å². The summed E-state index contributed by atoms with van der Waals surface area (Å²) in [5.41, 5.74) is 5.44. The molecule has 2 aromatic rings. The highest BCUT2D eigenvalue weighted by molar-refractivity contribution is 7.10. The summed E-state index contributed by atoms with van der Waals surface area (Å²) < 4.78 is 10.6. The Kier molecular flexibility index (Phi) is 3.75. The second-order valence-electron chi connectivity index (χ2n) is 5.57. The van der Waals surface area contributed by atoms with E-state index in [9.17, 15) is 4.79 Å². The molecule has 0 spiro atoms. The highest BCUT2D eigenvalue weighted by atomic mass is 32.1. The first-order valence-corrected chi connectivity index (χ1v) is 8.51. The van der Waals surface area contributed by atoms with Crippen LogP contribution < -0.4 is 14.9 Å². The van der Waals surface area contributed by atoms with Gasteiger partial charge in [0, 0.05) is 10.3 Å². The summed E-state index contributed by atoms with van der Waals surface area (Å²) in [6.07, 6.45) is 6.07. The number of carbonyl (C=O) groups is 1. The molecule has 0 unspecified atom stereocenters. The minimum absolute atomic E-state index is 0.138. The summed E-state index contributed by atoms with van der Waals surface area (Å²) in [7, 11) is 0. The van der Waals surface area contributed by atoms with Crippen LogP contribution in [0.15, 0.2) is 28.7 Å². The van der Waals surface area contributed by atoms with Crippen molar-refractivity contribution in [1.82, 2.24) is 5.43 Å². The van der Waals surface area contributed by atoms with E-state index < -0.39 is 0 Å². The lowest BCUT2D eigenvalue weighted by Crippen LogP contribution is -2.19. The van der Waals surface area contributed by atoms with Crippen molar-refractivity contribution < 1.29 is 14.3 Å². The van der Waals surface area contributed by atoms with Crippen LogP contribution in [0.2, 0.25) is 0 Å². The Labute approximate surface area is 137 Å². The summed E-state index contributed by atoms with van der Waals surface area (Å²) in [6.45, 7) is 0.246. The number of ether oxygens (including phenoxy) is 2. The minimum atomic E-state index is -0.138. The van der Waals surface area contributed by atoms with E-state index in [4.69, 9.17) is 9.47 Å². The topological polar surface area (TPSA) is 59.9 Å². The Morgan fingerprint density at radius 2 is 2.09 bits per heavy atom. The second-order valence-corrected chi connectivity index (χ2v) is 6.53. The van der Waals surface area contributed by atoms with E-state index >= 15 is 0 Å². The summed E-state index contributed by atoms with van der Waals surface area (Å²) in [4.78, 5) is 13.6. The lowest BCUT2D eigenvalue weighted by Gasteiger charge is -2.11. The zero-order valence-electron chi connectivity index (χ0n) is 12.5. The molecule has 0 saturated heterocycles. The third-order valence-corrected chi connectivity index (χ3v) is 5.17. The average molecular weight is 328 g/mol. The molecule has 118 valence electrons. The molecule has 1 aliphatic carbocycles. The van der Waals surface area contributed by atoms with E-state index in [2.05, 4.69) is 10.5 Å². The molecule has 1 N–H and O–H groups in total. The van der Waals surface area contributed by atoms with Gasteiger partial charge in [0.1, 0.15) is 0 Å². The van der Waals surface area contributed by atoms with Crippen molar-refractivity contribution in [3.8, 4) is 11.5 Å². The largest absolute Gasteiger partial charge is 0.454 e. The van der Waals surface area contributed by atoms with Crippen molar-refractivity contribution in [1.29, 1.82) is 0 Å². The van der Waals surface area contributed by atoms with Crippen LogP contribution in [-0.2, 0) is 12.8 Å². The maximum absolute atomic E-state index is 12.3. The Hall–Kier alpha value is -2.34. The molecule has 1 aromatic carbocycles. The molecule has 2 aliphatic rings. The summed E-state index contributed by atoms with van der Waals surface area (Å²) >= 11 is 1.68. The number of hydrazone groups is 1. The van der Waals surface area contributed by atoms with E-state index in [1.54, 1.807) is 17.6 Å². The smallest absolute Gasteiger partial charge is 0.272 e. The van der Waals surface area contributed by atoms with Crippen molar-refractivity contribution >= 4 is 23.5 Å². The molecule has 1 aliphatic heterocycles. The molecule has 0 fully saturated rings. The summed E-state index contributed by atoms with van der Waals surface area (Å²) in [5.74, 6) is 1.30. The lowest BCUT2D eigenvalue weighted by atomic mass is 9.96. The fraction of sp³-hybridized carbons (Fsp3) is 0.294. The first-order chi connectivity index (χ1) is 11.3. The SMILES string of the molecule is O=C(NN=Cc1ccc2c(c1)OCO2)c1csc2c1CCCC2. The Morgan fingerprint density at radius 1 is 1.22 bits per heavy atom. The Morgan fingerprint density at radius 3 is 3.04 bits per heavy atom. The van der Waals surface area contributed by atoms with Crippen LogP contribution >= 0.6 is 11.3 Å². The normalized spacial score (nSPS) is 15.7. The molecule has 1 aromatic heterocycles. The molecule has 1 amide bonds. The number of amides is 1. The predicted octanol–water partition coefficient (Wildman–Crippen LogP) is 3.12. The first-order valence-electron chi connectivity index (χ1n) is 7.63. The standard InChI is InChI=1S/C17H16N2O3S/c20-17(13-9-23-16-4-2-1-3-12(13)16)19-18-8-11-5-6-14-15(7-11)22-10-21-14/h5-9H,1-4,10H2,(H,19,20). The van der Waals surface area contributed by atoms with Gasteiger partial charge in [-0.1, -0.05) is 0 Å². The molecular weight excluding hydrogens is 312 g/mol. The van der Waals surface area contributed by atoms with Crippen LogP contribution in [0.4, 0.5) is 0 Å². The maximum Gasteiger partial charge on any atom is 0.272 e. The third-order valence-electron chi connectivity index (χ3n) is 4.08. The molecule has 0 atom stereocenters. The van der Waals surface area contributed by atoms with Crippen molar-refractivity contribution in [2.24, 2.45) is 5.10 Å². The van der Waals surface area contributed by atoms with Gasteiger partial charge in [0.2, 0.25) is 6.79 Å². The molecule has 0 radical (unpaired) electrons. The van der Waals surface area contributed by atoms with E-state index in [0.717, 1.165) is 36.1 Å². The highest BCUT2D eigenvalue weighted by Crippen LogP contribution is 2.32. The van der Waals surface area contributed by atoms with Gasteiger partial charge in [-0.25, -0.2) is 5.43 Å². The van der Waals surface area contributed by atoms with Crippen LogP contribution in [0.5, 0.6) is 11.5 Å². The number of fused-ring (bicyclic) bond motifs is 2. The number of rotatable bonds is 3. The van der Waals surface area contributed by atoms with Gasteiger partial charge in [-0.2, -0.15) is 5.10 Å². The lowest BCUT2D eigenvalue weighted by molar-refractivity contribution is 0.0954. The van der Waals surface area contributed by atoms with Crippen LogP contribution in [0, 0.1) is 0 Å². The highest BCUT2D eigenvalue weighted by Gasteiger charge is 2.19. The molecule has 6 heteroatoms. The van der Waals surface area contributed by atoms with Crippen molar-refractivity contribution in [3.63, 3.8) is 0 Å². The van der Waals surface area contributed by atoms with Gasteiger partial charge in [0.15, 0.2) is 11.5 Å². The molecule has 2 heterocycles. The van der Waals surface area contributed by atoms with Crippen molar-refractivity contribution in [2.75, 3.05) is 6.79 Å². The zero-order chi connectivity index (χ0) is 15.6. The van der Waals surface area contributed by atoms with Crippen LogP contribution in [0.1, 0.15) is 39.2 Å². The number of benzene rings is 1. The number of nitrogens with zero attached hydrogens (tertiary/aromatic N) is 1. The second kappa shape index (κ2) is 6.04. The van der Waals surface area contributed by atoms with Gasteiger partial charge in [-0.15, -0.1) is 11.3 Å². The van der Waals surface area contributed by atoms with Gasteiger partial charge >= 0.3 is 0 Å². The molecular formula is C17H16N2O3S. The van der Waals surface area contributed by atoms with Crippen LogP contribution in [-0.4, -0.2) is 18.9 Å². The van der Waals surface area contributed by atoms with Crippen molar-refractivity contribution in [3.05, 3.63) is 45.1 Å². The molecule has 5 nitrogen and oxygen atoms in total. The van der Waals surface area contributed by atoms with Gasteiger partial charge in [0.25, 0.3) is 5.91 Å². The monoisotopic (exact) mass is 328 g/mol. The van der Waals surface area contributed by atoms with Gasteiger partial charge < -0.3 is 9.47 Å². The predicted molar refractivity (Wildman–Crippen MR) is 88.6 cm³/mol. The molecule has 4 rings (SSSR count). The number of hydrogen-bond acceptors (Lipinski definition) is 5. The van der Waals surface area contributed by atoms with Crippen LogP contribution in [0.25, 0.3) is 0 Å². The number of carbonyl (C=O) groups excluding carboxylic acids is 1. The zero-order valence-corrected chi connectivity index (χ0v) is 13.3. The van der Waals surface area contributed by atoms with E-state index in [-0.39, 0.29) is 12.7 Å².